The Bertz CT molecular complexity index is 482. The van der Waals surface area contributed by atoms with E-state index in [0.29, 0.717) is 25.9 Å². The van der Waals surface area contributed by atoms with Crippen LogP contribution in [0.15, 0.2) is 18.2 Å². The molecule has 1 N–H and O–H groups in total. The second kappa shape index (κ2) is 5.09. The van der Waals surface area contributed by atoms with E-state index in [1.165, 1.54) is 0 Å². The second-order valence-electron chi connectivity index (χ2n) is 5.03. The molecule has 0 aromatic heterocycles. The summed E-state index contributed by atoms with van der Waals surface area (Å²) in [6.07, 6.45) is 1.20. The van der Waals surface area contributed by atoms with Crippen molar-refractivity contribution in [3.8, 4) is 11.5 Å². The summed E-state index contributed by atoms with van der Waals surface area (Å²) < 4.78 is 10.6. The summed E-state index contributed by atoms with van der Waals surface area (Å²) in [6, 6.07) is 5.78. The van der Waals surface area contributed by atoms with Gasteiger partial charge >= 0.3 is 0 Å². The Labute approximate surface area is 111 Å². The Morgan fingerprint density at radius 2 is 2.11 bits per heavy atom. The first-order chi connectivity index (χ1) is 9.26. The molecule has 0 radical (unpaired) electrons. The number of ether oxygens (including phenoxy) is 2. The van der Waals surface area contributed by atoms with E-state index >= 15 is 0 Å². The first-order valence-electron chi connectivity index (χ1n) is 6.53. The summed E-state index contributed by atoms with van der Waals surface area (Å²) >= 11 is 0. The lowest BCUT2D eigenvalue weighted by Crippen LogP contribution is -2.51. The van der Waals surface area contributed by atoms with Crippen LogP contribution in [-0.2, 0) is 11.2 Å². The molecule has 1 saturated heterocycles. The molecule has 5 nitrogen and oxygen atoms in total. The predicted molar refractivity (Wildman–Crippen MR) is 68.0 cm³/mol. The zero-order valence-corrected chi connectivity index (χ0v) is 10.7. The molecule has 0 saturated carbocycles. The molecule has 5 heteroatoms. The summed E-state index contributed by atoms with van der Waals surface area (Å²) in [5.41, 5.74) is 1.08. The van der Waals surface area contributed by atoms with Gasteiger partial charge in [-0.25, -0.2) is 0 Å². The van der Waals surface area contributed by atoms with Crippen LogP contribution in [-0.4, -0.2) is 42.4 Å². The lowest BCUT2D eigenvalue weighted by atomic mass is 10.00. The summed E-state index contributed by atoms with van der Waals surface area (Å²) in [7, 11) is 0. The average molecular weight is 263 g/mol. The van der Waals surface area contributed by atoms with Crippen LogP contribution in [0.4, 0.5) is 0 Å². The van der Waals surface area contributed by atoms with E-state index < -0.39 is 0 Å². The highest BCUT2D eigenvalue weighted by molar-refractivity contribution is 5.77. The van der Waals surface area contributed by atoms with Crippen LogP contribution in [0.5, 0.6) is 11.5 Å². The van der Waals surface area contributed by atoms with Crippen molar-refractivity contribution in [2.45, 2.75) is 12.8 Å². The largest absolute Gasteiger partial charge is 0.454 e. The highest BCUT2D eigenvalue weighted by Crippen LogP contribution is 2.32. The molecule has 0 atom stereocenters. The van der Waals surface area contributed by atoms with Gasteiger partial charge in [0.05, 0.1) is 0 Å². The molecular formula is C14H17NO4. The van der Waals surface area contributed by atoms with Gasteiger partial charge < -0.3 is 19.5 Å². The molecule has 0 spiro atoms. The Hall–Kier alpha value is -1.75. The summed E-state index contributed by atoms with van der Waals surface area (Å²) in [6.45, 7) is 1.83. The summed E-state index contributed by atoms with van der Waals surface area (Å²) in [5, 5.41) is 8.92. The Morgan fingerprint density at radius 1 is 1.32 bits per heavy atom. The van der Waals surface area contributed by atoms with Gasteiger partial charge in [-0.15, -0.1) is 0 Å². The molecule has 0 unspecified atom stereocenters. The maximum atomic E-state index is 11.9. The van der Waals surface area contributed by atoms with E-state index in [2.05, 4.69) is 0 Å². The molecule has 102 valence electrons. The summed E-state index contributed by atoms with van der Waals surface area (Å²) in [5.74, 6) is 1.95. The lowest BCUT2D eigenvalue weighted by Gasteiger charge is -2.38. The monoisotopic (exact) mass is 263 g/mol. The lowest BCUT2D eigenvalue weighted by molar-refractivity contribution is -0.138. The van der Waals surface area contributed by atoms with Crippen molar-refractivity contribution < 1.29 is 19.4 Å². The number of carbonyl (C=O) groups is 1. The highest BCUT2D eigenvalue weighted by atomic mass is 16.7. The van der Waals surface area contributed by atoms with Gasteiger partial charge in [0.2, 0.25) is 12.7 Å². The van der Waals surface area contributed by atoms with E-state index in [1.807, 2.05) is 18.2 Å². The fourth-order valence-electron chi connectivity index (χ4n) is 2.39. The van der Waals surface area contributed by atoms with Crippen LogP contribution in [0.3, 0.4) is 0 Å². The van der Waals surface area contributed by atoms with Crippen LogP contribution in [0, 0.1) is 5.92 Å². The molecule has 2 heterocycles. The Balaban J connectivity index is 1.51. The smallest absolute Gasteiger partial charge is 0.231 e. The maximum absolute atomic E-state index is 11.9. The zero-order valence-electron chi connectivity index (χ0n) is 10.7. The van der Waals surface area contributed by atoms with E-state index in [1.54, 1.807) is 4.90 Å². The Kier molecular flexibility index (Phi) is 3.29. The van der Waals surface area contributed by atoms with Crippen molar-refractivity contribution in [2.75, 3.05) is 26.5 Å². The van der Waals surface area contributed by atoms with Crippen molar-refractivity contribution in [2.24, 2.45) is 5.92 Å². The molecule has 2 aliphatic heterocycles. The number of rotatable bonds is 4. The number of benzene rings is 1. The van der Waals surface area contributed by atoms with Gasteiger partial charge in [0.15, 0.2) is 11.5 Å². The van der Waals surface area contributed by atoms with Crippen molar-refractivity contribution in [1.29, 1.82) is 0 Å². The van der Waals surface area contributed by atoms with Crippen molar-refractivity contribution in [3.63, 3.8) is 0 Å². The number of nitrogens with zero attached hydrogens (tertiary/aromatic N) is 1. The molecule has 1 aromatic carbocycles. The number of hydrogen-bond acceptors (Lipinski definition) is 4. The number of aliphatic hydroxyl groups is 1. The third kappa shape index (κ3) is 2.51. The van der Waals surface area contributed by atoms with E-state index in [9.17, 15) is 4.79 Å². The molecule has 1 fully saturated rings. The number of aliphatic hydroxyl groups excluding tert-OH is 1. The van der Waals surface area contributed by atoms with Crippen molar-refractivity contribution in [1.82, 2.24) is 4.90 Å². The van der Waals surface area contributed by atoms with Gasteiger partial charge in [0, 0.05) is 32.0 Å². The predicted octanol–water partition coefficient (Wildman–Crippen LogP) is 0.799. The quantitative estimate of drug-likeness (QED) is 0.873. The third-order valence-corrected chi connectivity index (χ3v) is 3.63. The Morgan fingerprint density at radius 3 is 2.89 bits per heavy atom. The minimum Gasteiger partial charge on any atom is -0.454 e. The molecule has 3 rings (SSSR count). The number of aryl methyl sites for hydroxylation is 1. The maximum Gasteiger partial charge on any atom is 0.231 e. The number of amides is 1. The van der Waals surface area contributed by atoms with Crippen LogP contribution < -0.4 is 9.47 Å². The van der Waals surface area contributed by atoms with Gasteiger partial charge in [-0.1, -0.05) is 6.07 Å². The minimum atomic E-state index is 0.155. The van der Waals surface area contributed by atoms with Gasteiger partial charge in [0.1, 0.15) is 0 Å². The summed E-state index contributed by atoms with van der Waals surface area (Å²) in [4.78, 5) is 13.7. The number of fused-ring (bicyclic) bond motifs is 1. The minimum absolute atomic E-state index is 0.155. The van der Waals surface area contributed by atoms with Gasteiger partial charge in [-0.2, -0.15) is 0 Å². The van der Waals surface area contributed by atoms with Gasteiger partial charge in [-0.3, -0.25) is 4.79 Å². The van der Waals surface area contributed by atoms with E-state index in [4.69, 9.17) is 14.6 Å². The average Bonchev–Trinajstić information content (AvgIpc) is 2.82. The molecule has 1 aromatic rings. The molecule has 1 amide bonds. The van der Waals surface area contributed by atoms with E-state index in [-0.39, 0.29) is 25.2 Å². The molecule has 0 bridgehead atoms. The fraction of sp³-hybridized carbons (Fsp3) is 0.500. The molecule has 2 aliphatic rings. The standard InChI is InChI=1S/C14H17NO4/c16-8-11-6-15(7-11)14(17)4-2-10-1-3-12-13(5-10)19-9-18-12/h1,3,5,11,16H,2,4,6-9H2. The van der Waals surface area contributed by atoms with Crippen molar-refractivity contribution in [3.05, 3.63) is 23.8 Å². The third-order valence-electron chi connectivity index (χ3n) is 3.63. The molecule has 19 heavy (non-hydrogen) atoms. The van der Waals surface area contributed by atoms with Crippen LogP contribution >= 0.6 is 0 Å². The van der Waals surface area contributed by atoms with Gasteiger partial charge in [-0.05, 0) is 24.1 Å². The SMILES string of the molecule is O=C(CCc1ccc2c(c1)OCO2)N1CC(CO)C1. The van der Waals surface area contributed by atoms with Crippen LogP contribution in [0.25, 0.3) is 0 Å². The van der Waals surface area contributed by atoms with Crippen LogP contribution in [0.2, 0.25) is 0 Å². The normalized spacial score (nSPS) is 17.4. The van der Waals surface area contributed by atoms with E-state index in [0.717, 1.165) is 17.1 Å². The zero-order chi connectivity index (χ0) is 13.2. The molecule has 0 aliphatic carbocycles. The number of carbonyl (C=O) groups excluding carboxylic acids is 1. The van der Waals surface area contributed by atoms with Crippen LogP contribution in [0.1, 0.15) is 12.0 Å². The first kappa shape index (κ1) is 12.3. The molecular weight excluding hydrogens is 246 g/mol. The highest BCUT2D eigenvalue weighted by Gasteiger charge is 2.29. The first-order valence-corrected chi connectivity index (χ1v) is 6.53. The van der Waals surface area contributed by atoms with Crippen molar-refractivity contribution >= 4 is 5.91 Å². The topological polar surface area (TPSA) is 59.0 Å². The number of likely N-dealkylation sites (tertiary alicyclic amines) is 1. The van der Waals surface area contributed by atoms with Gasteiger partial charge in [0.25, 0.3) is 0 Å². The second-order valence-corrected chi connectivity index (χ2v) is 5.03. The fourth-order valence-corrected chi connectivity index (χ4v) is 2.39. The number of hydrogen-bond donors (Lipinski definition) is 1.